The molecule has 3 rings (SSSR count). The topological polar surface area (TPSA) is 50.3 Å². The number of amides is 2. The Bertz CT molecular complexity index is 581. The Labute approximate surface area is 133 Å². The van der Waals surface area contributed by atoms with Gasteiger partial charge in [-0.05, 0) is 24.8 Å². The molecule has 2 amide bonds. The standard InChI is InChI=1S/C15H16Cl2N2O2/c1-2-8-5-10-11(6-8)15(21)19(14(10)20)7-9-3-4-12(16)18-13(9)17/h3-4,8,10-11H,2,5-7H2,1H3. The van der Waals surface area contributed by atoms with Crippen LogP contribution in [0.2, 0.25) is 10.3 Å². The number of likely N-dealkylation sites (tertiary alicyclic amines) is 1. The quantitative estimate of drug-likeness (QED) is 0.632. The van der Waals surface area contributed by atoms with Gasteiger partial charge in [-0.15, -0.1) is 0 Å². The number of carbonyl (C=O) groups is 2. The highest BCUT2D eigenvalue weighted by molar-refractivity contribution is 6.32. The number of hydrogen-bond acceptors (Lipinski definition) is 3. The summed E-state index contributed by atoms with van der Waals surface area (Å²) in [6.45, 7) is 2.29. The number of halogens is 2. The van der Waals surface area contributed by atoms with Gasteiger partial charge in [0.15, 0.2) is 0 Å². The summed E-state index contributed by atoms with van der Waals surface area (Å²) in [4.78, 5) is 30.2. The van der Waals surface area contributed by atoms with E-state index in [-0.39, 0.29) is 35.3 Å². The molecule has 0 spiro atoms. The van der Waals surface area contributed by atoms with Gasteiger partial charge in [-0.25, -0.2) is 4.98 Å². The van der Waals surface area contributed by atoms with Crippen molar-refractivity contribution in [3.63, 3.8) is 0 Å². The van der Waals surface area contributed by atoms with E-state index in [4.69, 9.17) is 23.2 Å². The molecule has 0 radical (unpaired) electrons. The van der Waals surface area contributed by atoms with Gasteiger partial charge >= 0.3 is 0 Å². The zero-order valence-corrected chi connectivity index (χ0v) is 13.2. The van der Waals surface area contributed by atoms with Crippen LogP contribution in [-0.2, 0) is 16.1 Å². The number of fused-ring (bicyclic) bond motifs is 1. The van der Waals surface area contributed by atoms with Gasteiger partial charge < -0.3 is 0 Å². The average Bonchev–Trinajstić information content (AvgIpc) is 2.97. The van der Waals surface area contributed by atoms with Crippen molar-refractivity contribution in [1.29, 1.82) is 0 Å². The molecule has 1 aliphatic heterocycles. The molecule has 0 aromatic carbocycles. The zero-order valence-electron chi connectivity index (χ0n) is 11.7. The Kier molecular flexibility index (Phi) is 3.93. The summed E-state index contributed by atoms with van der Waals surface area (Å²) in [6, 6.07) is 3.32. The second kappa shape index (κ2) is 5.58. The van der Waals surface area contributed by atoms with Crippen molar-refractivity contribution in [2.45, 2.75) is 32.7 Å². The summed E-state index contributed by atoms with van der Waals surface area (Å²) in [5, 5.41) is 0.539. The molecule has 4 nitrogen and oxygen atoms in total. The van der Waals surface area contributed by atoms with Crippen LogP contribution in [0.3, 0.4) is 0 Å². The van der Waals surface area contributed by atoms with E-state index in [1.807, 2.05) is 0 Å². The molecule has 1 saturated carbocycles. The van der Waals surface area contributed by atoms with E-state index in [1.165, 1.54) is 4.90 Å². The second-order valence-electron chi connectivity index (χ2n) is 5.81. The van der Waals surface area contributed by atoms with Gasteiger partial charge in [-0.2, -0.15) is 0 Å². The maximum absolute atomic E-state index is 12.5. The minimum atomic E-state index is -0.138. The molecule has 2 unspecified atom stereocenters. The molecule has 2 fully saturated rings. The minimum absolute atomic E-state index is 0.0630. The number of carbonyl (C=O) groups excluding carboxylic acids is 2. The van der Waals surface area contributed by atoms with E-state index < -0.39 is 0 Å². The first-order valence-electron chi connectivity index (χ1n) is 7.17. The first kappa shape index (κ1) is 14.8. The SMILES string of the molecule is CCC1CC2C(=O)N(Cc3ccc(Cl)nc3Cl)C(=O)C2C1. The Morgan fingerprint density at radius 2 is 1.81 bits per heavy atom. The van der Waals surface area contributed by atoms with E-state index in [9.17, 15) is 9.59 Å². The lowest BCUT2D eigenvalue weighted by molar-refractivity contribution is -0.141. The molecule has 1 aromatic rings. The van der Waals surface area contributed by atoms with Gasteiger partial charge in [0, 0.05) is 5.56 Å². The Balaban J connectivity index is 1.79. The van der Waals surface area contributed by atoms with Crippen LogP contribution in [0, 0.1) is 17.8 Å². The highest BCUT2D eigenvalue weighted by Gasteiger charge is 2.52. The van der Waals surface area contributed by atoms with Gasteiger partial charge in [-0.3, -0.25) is 14.5 Å². The van der Waals surface area contributed by atoms with Crippen LogP contribution < -0.4 is 0 Å². The van der Waals surface area contributed by atoms with E-state index in [0.717, 1.165) is 19.3 Å². The number of aromatic nitrogens is 1. The van der Waals surface area contributed by atoms with Crippen molar-refractivity contribution in [3.8, 4) is 0 Å². The fraction of sp³-hybridized carbons (Fsp3) is 0.533. The third kappa shape index (κ3) is 2.55. The van der Waals surface area contributed by atoms with Crippen molar-refractivity contribution in [2.75, 3.05) is 0 Å². The van der Waals surface area contributed by atoms with E-state index in [1.54, 1.807) is 12.1 Å². The third-order valence-electron chi connectivity index (χ3n) is 4.62. The molecule has 21 heavy (non-hydrogen) atoms. The van der Waals surface area contributed by atoms with Crippen LogP contribution in [0.4, 0.5) is 0 Å². The lowest BCUT2D eigenvalue weighted by Crippen LogP contribution is -2.32. The van der Waals surface area contributed by atoms with Gasteiger partial charge in [0.05, 0.1) is 18.4 Å². The summed E-state index contributed by atoms with van der Waals surface area (Å²) >= 11 is 11.8. The summed E-state index contributed by atoms with van der Waals surface area (Å²) in [5.74, 6) is 0.0951. The van der Waals surface area contributed by atoms with Crippen LogP contribution >= 0.6 is 23.2 Å². The first-order valence-corrected chi connectivity index (χ1v) is 7.93. The number of nitrogens with zero attached hydrogens (tertiary/aromatic N) is 2. The van der Waals surface area contributed by atoms with Crippen LogP contribution in [0.1, 0.15) is 31.7 Å². The Morgan fingerprint density at radius 1 is 1.19 bits per heavy atom. The molecular formula is C15H16Cl2N2O2. The molecule has 0 N–H and O–H groups in total. The fourth-order valence-corrected chi connectivity index (χ4v) is 3.82. The molecule has 0 bridgehead atoms. The monoisotopic (exact) mass is 326 g/mol. The molecule has 1 saturated heterocycles. The summed E-state index contributed by atoms with van der Waals surface area (Å²) in [5.41, 5.74) is 0.648. The normalized spacial score (nSPS) is 28.3. The molecule has 2 atom stereocenters. The first-order chi connectivity index (χ1) is 10.0. The molecule has 2 heterocycles. The Morgan fingerprint density at radius 3 is 2.33 bits per heavy atom. The predicted molar refractivity (Wildman–Crippen MR) is 79.8 cm³/mol. The lowest BCUT2D eigenvalue weighted by Gasteiger charge is -2.18. The summed E-state index contributed by atoms with van der Waals surface area (Å²) in [6.07, 6.45) is 2.68. The van der Waals surface area contributed by atoms with E-state index in [2.05, 4.69) is 11.9 Å². The van der Waals surface area contributed by atoms with Gasteiger partial charge in [0.25, 0.3) is 0 Å². The Hall–Kier alpha value is -1.13. The second-order valence-corrected chi connectivity index (χ2v) is 6.55. The predicted octanol–water partition coefficient (Wildman–Crippen LogP) is 3.31. The maximum Gasteiger partial charge on any atom is 0.233 e. The molecule has 1 aliphatic carbocycles. The summed E-state index contributed by atoms with van der Waals surface area (Å²) < 4.78 is 0. The number of imide groups is 1. The van der Waals surface area contributed by atoms with E-state index >= 15 is 0 Å². The van der Waals surface area contributed by atoms with Crippen LogP contribution in [0.5, 0.6) is 0 Å². The van der Waals surface area contributed by atoms with Crippen molar-refractivity contribution in [2.24, 2.45) is 17.8 Å². The molecule has 2 aliphatic rings. The van der Waals surface area contributed by atoms with Gasteiger partial charge in [0.1, 0.15) is 10.3 Å². The average molecular weight is 327 g/mol. The van der Waals surface area contributed by atoms with Crippen LogP contribution in [0.15, 0.2) is 12.1 Å². The van der Waals surface area contributed by atoms with Crippen LogP contribution in [0.25, 0.3) is 0 Å². The zero-order chi connectivity index (χ0) is 15.1. The van der Waals surface area contributed by atoms with Crippen molar-refractivity contribution in [1.82, 2.24) is 9.88 Å². The van der Waals surface area contributed by atoms with Crippen molar-refractivity contribution < 1.29 is 9.59 Å². The molecule has 1 aromatic heterocycles. The van der Waals surface area contributed by atoms with Gasteiger partial charge in [-0.1, -0.05) is 42.6 Å². The van der Waals surface area contributed by atoms with E-state index in [0.29, 0.717) is 16.6 Å². The number of pyridine rings is 1. The highest BCUT2D eigenvalue weighted by atomic mass is 35.5. The van der Waals surface area contributed by atoms with Gasteiger partial charge in [0.2, 0.25) is 11.8 Å². The molecule has 112 valence electrons. The van der Waals surface area contributed by atoms with Crippen molar-refractivity contribution >= 4 is 35.0 Å². The molecule has 6 heteroatoms. The maximum atomic E-state index is 12.5. The highest BCUT2D eigenvalue weighted by Crippen LogP contribution is 2.44. The number of hydrogen-bond donors (Lipinski definition) is 0. The largest absolute Gasteiger partial charge is 0.277 e. The van der Waals surface area contributed by atoms with Crippen molar-refractivity contribution in [3.05, 3.63) is 28.0 Å². The number of rotatable bonds is 3. The molecular weight excluding hydrogens is 311 g/mol. The third-order valence-corrected chi connectivity index (χ3v) is 5.16. The smallest absolute Gasteiger partial charge is 0.233 e. The minimum Gasteiger partial charge on any atom is -0.277 e. The van der Waals surface area contributed by atoms with Crippen LogP contribution in [-0.4, -0.2) is 21.7 Å². The summed E-state index contributed by atoms with van der Waals surface area (Å²) in [7, 11) is 0. The fourth-order valence-electron chi connectivity index (χ4n) is 3.42. The lowest BCUT2D eigenvalue weighted by atomic mass is 10.00.